The van der Waals surface area contributed by atoms with Gasteiger partial charge in [0, 0.05) is 33.5 Å². The van der Waals surface area contributed by atoms with Crippen LogP contribution in [0.3, 0.4) is 0 Å². The van der Waals surface area contributed by atoms with Crippen molar-refractivity contribution in [2.45, 2.75) is 40.5 Å². The van der Waals surface area contributed by atoms with Gasteiger partial charge in [0.25, 0.3) is 0 Å². The third-order valence-corrected chi connectivity index (χ3v) is 4.94. The number of hydrogen-bond donors (Lipinski definition) is 1. The molecule has 1 aliphatic carbocycles. The van der Waals surface area contributed by atoms with Crippen molar-refractivity contribution in [3.8, 4) is 0 Å². The number of rotatable bonds is 8. The quantitative estimate of drug-likeness (QED) is 0.589. The van der Waals surface area contributed by atoms with Crippen molar-refractivity contribution in [1.82, 2.24) is 15.5 Å². The molecule has 0 amide bonds. The van der Waals surface area contributed by atoms with Gasteiger partial charge < -0.3 is 14.5 Å². The van der Waals surface area contributed by atoms with E-state index in [0.717, 1.165) is 32.0 Å². The van der Waals surface area contributed by atoms with Gasteiger partial charge in [0.05, 0.1) is 6.61 Å². The van der Waals surface area contributed by atoms with Gasteiger partial charge in [-0.1, -0.05) is 25.5 Å². The summed E-state index contributed by atoms with van der Waals surface area (Å²) in [6, 6.07) is 0. The summed E-state index contributed by atoms with van der Waals surface area (Å²) in [7, 11) is 1.74. The lowest BCUT2D eigenvalue weighted by Crippen LogP contribution is -2.35. The topological polar surface area (TPSA) is 60.2 Å². The number of allylic oxidation sites excluding steroid dienone is 1. The summed E-state index contributed by atoms with van der Waals surface area (Å²) < 4.78 is 10.7. The molecule has 3 atom stereocenters. The lowest BCUT2D eigenvalue weighted by atomic mass is 9.70. The largest absolute Gasteiger partial charge is 0.426 e. The monoisotopic (exact) mass is 321 g/mol. The Morgan fingerprint density at radius 2 is 2.13 bits per heavy atom. The van der Waals surface area contributed by atoms with Crippen LogP contribution in [-0.4, -0.2) is 37.0 Å². The molecular formula is C18H31N3O2. The van der Waals surface area contributed by atoms with Gasteiger partial charge in [-0.15, -0.1) is 10.2 Å². The van der Waals surface area contributed by atoms with E-state index in [-0.39, 0.29) is 0 Å². The van der Waals surface area contributed by atoms with Crippen LogP contribution in [0.5, 0.6) is 0 Å². The number of aryl methyl sites for hydroxylation is 1. The van der Waals surface area contributed by atoms with Crippen molar-refractivity contribution >= 4 is 0 Å². The minimum absolute atomic E-state index is 0.512. The summed E-state index contributed by atoms with van der Waals surface area (Å²) in [5.74, 6) is 3.87. The molecule has 23 heavy (non-hydrogen) atoms. The standard InChI is InChI=1S/C18H31N3O2/c1-12(2)17-9-15(10-18-21-20-14(4)23-18)13(3)8-16(17)11-19-6-7-22-5/h8,12,15-17,19H,6-7,9-11H2,1-5H3. The zero-order valence-corrected chi connectivity index (χ0v) is 15.1. The van der Waals surface area contributed by atoms with E-state index in [2.05, 4.69) is 42.4 Å². The van der Waals surface area contributed by atoms with Gasteiger partial charge in [-0.2, -0.15) is 0 Å². The van der Waals surface area contributed by atoms with Crippen molar-refractivity contribution in [3.63, 3.8) is 0 Å². The van der Waals surface area contributed by atoms with Crippen molar-refractivity contribution < 1.29 is 9.15 Å². The van der Waals surface area contributed by atoms with Gasteiger partial charge in [-0.05, 0) is 37.0 Å². The maximum Gasteiger partial charge on any atom is 0.217 e. The highest BCUT2D eigenvalue weighted by molar-refractivity contribution is 5.14. The SMILES string of the molecule is COCCNCC1C=C(C)C(Cc2nnc(C)o2)CC1C(C)C. The Morgan fingerprint density at radius 1 is 1.35 bits per heavy atom. The lowest BCUT2D eigenvalue weighted by Gasteiger charge is -2.37. The first-order valence-corrected chi connectivity index (χ1v) is 8.68. The van der Waals surface area contributed by atoms with Gasteiger partial charge in [0.2, 0.25) is 11.8 Å². The molecule has 0 bridgehead atoms. The lowest BCUT2D eigenvalue weighted by molar-refractivity contribution is 0.188. The van der Waals surface area contributed by atoms with E-state index in [1.807, 2.05) is 6.92 Å². The Morgan fingerprint density at radius 3 is 2.74 bits per heavy atom. The zero-order chi connectivity index (χ0) is 16.8. The van der Waals surface area contributed by atoms with Crippen LogP contribution in [0, 0.1) is 30.6 Å². The average Bonchev–Trinajstić information content (AvgIpc) is 2.91. The fourth-order valence-corrected chi connectivity index (χ4v) is 3.58. The molecule has 0 saturated heterocycles. The second kappa shape index (κ2) is 8.60. The third-order valence-electron chi connectivity index (χ3n) is 4.94. The summed E-state index contributed by atoms with van der Waals surface area (Å²) in [6.07, 6.45) is 4.51. The van der Waals surface area contributed by atoms with Gasteiger partial charge in [0.15, 0.2) is 0 Å². The van der Waals surface area contributed by atoms with Crippen molar-refractivity contribution in [2.75, 3.05) is 26.8 Å². The molecule has 1 N–H and O–H groups in total. The minimum atomic E-state index is 0.512. The fourth-order valence-electron chi connectivity index (χ4n) is 3.58. The van der Waals surface area contributed by atoms with E-state index >= 15 is 0 Å². The Labute approximate surface area is 139 Å². The van der Waals surface area contributed by atoms with Crippen LogP contribution < -0.4 is 5.32 Å². The smallest absolute Gasteiger partial charge is 0.217 e. The van der Waals surface area contributed by atoms with Gasteiger partial charge in [-0.25, -0.2) is 0 Å². The molecular weight excluding hydrogens is 290 g/mol. The van der Waals surface area contributed by atoms with Crippen molar-refractivity contribution in [3.05, 3.63) is 23.4 Å². The fraction of sp³-hybridized carbons (Fsp3) is 0.778. The Hall–Kier alpha value is -1.20. The normalized spacial score (nSPS) is 25.0. The van der Waals surface area contributed by atoms with Gasteiger partial charge in [-0.3, -0.25) is 0 Å². The summed E-state index contributed by atoms with van der Waals surface area (Å²) >= 11 is 0. The van der Waals surface area contributed by atoms with Crippen LogP contribution >= 0.6 is 0 Å². The van der Waals surface area contributed by atoms with Gasteiger partial charge in [0.1, 0.15) is 0 Å². The predicted molar refractivity (Wildman–Crippen MR) is 91.2 cm³/mol. The second-order valence-electron chi connectivity index (χ2n) is 7.03. The van der Waals surface area contributed by atoms with Crippen LogP contribution in [-0.2, 0) is 11.2 Å². The molecule has 0 spiro atoms. The molecule has 0 aromatic carbocycles. The Kier molecular flexibility index (Phi) is 6.78. The molecule has 1 aromatic rings. The minimum Gasteiger partial charge on any atom is -0.426 e. The molecule has 2 rings (SSSR count). The van der Waals surface area contributed by atoms with Crippen molar-refractivity contribution in [2.24, 2.45) is 23.7 Å². The molecule has 130 valence electrons. The predicted octanol–water partition coefficient (Wildman–Crippen LogP) is 3.01. The number of nitrogens with one attached hydrogen (secondary N) is 1. The number of nitrogens with zero attached hydrogens (tertiary/aromatic N) is 2. The molecule has 0 radical (unpaired) electrons. The highest BCUT2D eigenvalue weighted by Gasteiger charge is 2.32. The van der Waals surface area contributed by atoms with E-state index in [9.17, 15) is 0 Å². The van der Waals surface area contributed by atoms with E-state index in [1.165, 1.54) is 12.0 Å². The molecule has 5 nitrogen and oxygen atoms in total. The highest BCUT2D eigenvalue weighted by Crippen LogP contribution is 2.38. The van der Waals surface area contributed by atoms with Crippen molar-refractivity contribution in [1.29, 1.82) is 0 Å². The number of methoxy groups -OCH3 is 1. The summed E-state index contributed by atoms with van der Waals surface area (Å²) in [4.78, 5) is 0. The Bertz CT molecular complexity index is 510. The third kappa shape index (κ3) is 5.15. The molecule has 0 saturated carbocycles. The first-order chi connectivity index (χ1) is 11.0. The first-order valence-electron chi connectivity index (χ1n) is 8.68. The molecule has 0 fully saturated rings. The molecule has 1 heterocycles. The maximum atomic E-state index is 5.57. The van der Waals surface area contributed by atoms with Crippen LogP contribution in [0.25, 0.3) is 0 Å². The highest BCUT2D eigenvalue weighted by atomic mass is 16.5. The molecule has 0 aliphatic heterocycles. The van der Waals surface area contributed by atoms with Crippen LogP contribution in [0.4, 0.5) is 0 Å². The molecule has 1 aromatic heterocycles. The number of ether oxygens (including phenoxy) is 1. The summed E-state index contributed by atoms with van der Waals surface area (Å²) in [5, 5.41) is 11.6. The Balaban J connectivity index is 2.01. The van der Waals surface area contributed by atoms with Crippen LogP contribution in [0.15, 0.2) is 16.1 Å². The average molecular weight is 321 g/mol. The van der Waals surface area contributed by atoms with Crippen LogP contribution in [0.2, 0.25) is 0 Å². The zero-order valence-electron chi connectivity index (χ0n) is 15.1. The molecule has 3 unspecified atom stereocenters. The number of aromatic nitrogens is 2. The van der Waals surface area contributed by atoms with E-state index in [0.29, 0.717) is 29.6 Å². The van der Waals surface area contributed by atoms with E-state index in [4.69, 9.17) is 9.15 Å². The second-order valence-corrected chi connectivity index (χ2v) is 7.03. The summed E-state index contributed by atoms with van der Waals surface area (Å²) in [5.41, 5.74) is 1.45. The van der Waals surface area contributed by atoms with E-state index < -0.39 is 0 Å². The number of hydrogen-bond acceptors (Lipinski definition) is 5. The van der Waals surface area contributed by atoms with E-state index in [1.54, 1.807) is 7.11 Å². The molecule has 1 aliphatic rings. The van der Waals surface area contributed by atoms with Gasteiger partial charge >= 0.3 is 0 Å². The first kappa shape index (κ1) is 18.1. The van der Waals surface area contributed by atoms with Crippen LogP contribution in [0.1, 0.15) is 39.0 Å². The molecule has 5 heteroatoms. The summed E-state index contributed by atoms with van der Waals surface area (Å²) in [6.45, 7) is 11.4. The maximum absolute atomic E-state index is 5.57.